The van der Waals surface area contributed by atoms with Crippen molar-refractivity contribution < 1.29 is 14.9 Å². The summed E-state index contributed by atoms with van der Waals surface area (Å²) < 4.78 is 5.52. The Morgan fingerprint density at radius 2 is 2.20 bits per heavy atom. The number of nitrogen functional groups attached to an aromatic ring is 1. The van der Waals surface area contributed by atoms with Crippen LogP contribution in [0.4, 0.5) is 5.69 Å². The van der Waals surface area contributed by atoms with Gasteiger partial charge in [0.05, 0.1) is 11.8 Å². The zero-order valence-corrected chi connectivity index (χ0v) is 11.9. The average molecular weight is 280 g/mol. The molecule has 0 aromatic heterocycles. The lowest BCUT2D eigenvalue weighted by Gasteiger charge is -2.35. The molecule has 1 aliphatic rings. The van der Waals surface area contributed by atoms with Crippen LogP contribution in [0, 0.1) is 5.92 Å². The molecular weight excluding hydrogens is 256 g/mol. The van der Waals surface area contributed by atoms with Gasteiger partial charge in [0.15, 0.2) is 0 Å². The number of likely N-dealkylation sites (tertiary alicyclic amines) is 1. The Balaban J connectivity index is 1.76. The van der Waals surface area contributed by atoms with E-state index < -0.39 is 6.10 Å². The first kappa shape index (κ1) is 15.1. The van der Waals surface area contributed by atoms with Crippen molar-refractivity contribution >= 4 is 5.69 Å². The number of nitrogens with zero attached hydrogens (tertiary/aromatic N) is 1. The Kier molecular flexibility index (Phi) is 5.23. The fraction of sp³-hybridized carbons (Fsp3) is 0.600. The Morgan fingerprint density at radius 1 is 1.45 bits per heavy atom. The van der Waals surface area contributed by atoms with E-state index in [0.717, 1.165) is 13.0 Å². The van der Waals surface area contributed by atoms with Crippen LogP contribution in [0.25, 0.3) is 0 Å². The number of nitrogens with two attached hydrogens (primary N) is 1. The maximum absolute atomic E-state index is 10.0. The van der Waals surface area contributed by atoms with Crippen LogP contribution < -0.4 is 10.5 Å². The van der Waals surface area contributed by atoms with Crippen LogP contribution in [0.15, 0.2) is 24.3 Å². The van der Waals surface area contributed by atoms with Gasteiger partial charge in [-0.15, -0.1) is 0 Å². The maximum Gasteiger partial charge on any atom is 0.142 e. The van der Waals surface area contributed by atoms with Gasteiger partial charge < -0.3 is 20.7 Å². The summed E-state index contributed by atoms with van der Waals surface area (Å²) in [6, 6.07) is 7.24. The molecule has 1 saturated heterocycles. The average Bonchev–Trinajstić information content (AvgIpc) is 2.42. The number of para-hydroxylation sites is 2. The Labute approximate surface area is 120 Å². The molecule has 5 heteroatoms. The van der Waals surface area contributed by atoms with Crippen LogP contribution in [0.5, 0.6) is 5.75 Å². The molecule has 1 aromatic carbocycles. The minimum absolute atomic E-state index is 0.205. The molecule has 0 aliphatic carbocycles. The second-order valence-electron chi connectivity index (χ2n) is 5.60. The third-order valence-electron chi connectivity index (χ3n) is 3.82. The van der Waals surface area contributed by atoms with E-state index in [1.54, 1.807) is 12.1 Å². The van der Waals surface area contributed by atoms with Crippen molar-refractivity contribution in [1.82, 2.24) is 4.90 Å². The number of rotatable bonds is 5. The molecule has 3 unspecified atom stereocenters. The summed E-state index contributed by atoms with van der Waals surface area (Å²) in [5.41, 5.74) is 6.35. The first-order chi connectivity index (χ1) is 9.56. The molecule has 5 nitrogen and oxygen atoms in total. The van der Waals surface area contributed by atoms with Crippen LogP contribution in [-0.4, -0.2) is 53.6 Å². The van der Waals surface area contributed by atoms with E-state index in [4.69, 9.17) is 10.5 Å². The lowest BCUT2D eigenvalue weighted by atomic mass is 9.96. The van der Waals surface area contributed by atoms with E-state index in [0.29, 0.717) is 30.4 Å². The number of hydrogen-bond acceptors (Lipinski definition) is 5. The first-order valence-corrected chi connectivity index (χ1v) is 7.12. The van der Waals surface area contributed by atoms with Crippen LogP contribution >= 0.6 is 0 Å². The largest absolute Gasteiger partial charge is 0.489 e. The third kappa shape index (κ3) is 4.10. The third-order valence-corrected chi connectivity index (χ3v) is 3.82. The van der Waals surface area contributed by atoms with Gasteiger partial charge in [-0.25, -0.2) is 0 Å². The van der Waals surface area contributed by atoms with Gasteiger partial charge in [0, 0.05) is 13.1 Å². The number of anilines is 1. The zero-order chi connectivity index (χ0) is 14.5. The van der Waals surface area contributed by atoms with Crippen molar-refractivity contribution in [2.24, 2.45) is 5.92 Å². The summed E-state index contributed by atoms with van der Waals surface area (Å²) in [4.78, 5) is 2.08. The predicted molar refractivity (Wildman–Crippen MR) is 78.6 cm³/mol. The van der Waals surface area contributed by atoms with Crippen LogP contribution in [0.3, 0.4) is 0 Å². The molecule has 112 valence electrons. The Hall–Kier alpha value is -1.30. The molecule has 0 radical (unpaired) electrons. The number of aliphatic hydroxyl groups is 2. The SMILES string of the molecule is CC1CCN(CC(O)COc2ccccc2N)CC1O. The summed E-state index contributed by atoms with van der Waals surface area (Å²) in [5, 5.41) is 19.9. The molecule has 4 N–H and O–H groups in total. The highest BCUT2D eigenvalue weighted by Crippen LogP contribution is 2.20. The number of β-amino-alcohol motifs (C(OH)–C–C–N with tert-alkyl or cyclic N) is 2. The topological polar surface area (TPSA) is 79.0 Å². The molecule has 2 rings (SSSR count). The Bertz CT molecular complexity index is 427. The first-order valence-electron chi connectivity index (χ1n) is 7.12. The highest BCUT2D eigenvalue weighted by molar-refractivity contribution is 5.51. The molecule has 0 amide bonds. The lowest BCUT2D eigenvalue weighted by molar-refractivity contribution is 0.000208. The zero-order valence-electron chi connectivity index (χ0n) is 11.9. The van der Waals surface area contributed by atoms with E-state index in [1.165, 1.54) is 0 Å². The quantitative estimate of drug-likeness (QED) is 0.692. The number of hydrogen-bond donors (Lipinski definition) is 3. The summed E-state index contributed by atoms with van der Waals surface area (Å²) in [6.07, 6.45) is 0.0669. The van der Waals surface area contributed by atoms with Gasteiger partial charge in [-0.1, -0.05) is 19.1 Å². The molecule has 20 heavy (non-hydrogen) atoms. The van der Waals surface area contributed by atoms with E-state index in [-0.39, 0.29) is 12.7 Å². The van der Waals surface area contributed by atoms with Crippen LogP contribution in [0.2, 0.25) is 0 Å². The molecule has 1 fully saturated rings. The van der Waals surface area contributed by atoms with Crippen molar-refractivity contribution in [1.29, 1.82) is 0 Å². The molecule has 0 bridgehead atoms. The van der Waals surface area contributed by atoms with Gasteiger partial charge in [-0.3, -0.25) is 4.90 Å². The summed E-state index contributed by atoms with van der Waals surface area (Å²) >= 11 is 0. The van der Waals surface area contributed by atoms with Gasteiger partial charge in [-0.05, 0) is 31.0 Å². The van der Waals surface area contributed by atoms with Crippen LogP contribution in [0.1, 0.15) is 13.3 Å². The van der Waals surface area contributed by atoms with Crippen LogP contribution in [-0.2, 0) is 0 Å². The fourth-order valence-corrected chi connectivity index (χ4v) is 2.43. The number of benzene rings is 1. The van der Waals surface area contributed by atoms with E-state index in [9.17, 15) is 10.2 Å². The summed E-state index contributed by atoms with van der Waals surface area (Å²) in [6.45, 7) is 4.29. The normalized spacial score (nSPS) is 25.4. The molecule has 0 saturated carbocycles. The highest BCUT2D eigenvalue weighted by Gasteiger charge is 2.25. The minimum Gasteiger partial charge on any atom is -0.489 e. The number of aliphatic hydroxyl groups excluding tert-OH is 2. The molecular formula is C15H24N2O3. The predicted octanol–water partition coefficient (Wildman–Crippen LogP) is 0.711. The monoisotopic (exact) mass is 280 g/mol. The van der Waals surface area contributed by atoms with Crippen molar-refractivity contribution in [3.63, 3.8) is 0 Å². The van der Waals surface area contributed by atoms with Crippen molar-refractivity contribution in [2.45, 2.75) is 25.6 Å². The summed E-state index contributed by atoms with van der Waals surface area (Å²) in [7, 11) is 0. The van der Waals surface area contributed by atoms with Gasteiger partial charge in [-0.2, -0.15) is 0 Å². The summed E-state index contributed by atoms with van der Waals surface area (Å²) in [5.74, 6) is 0.933. The molecule has 3 atom stereocenters. The highest BCUT2D eigenvalue weighted by atomic mass is 16.5. The lowest BCUT2D eigenvalue weighted by Crippen LogP contribution is -2.46. The van der Waals surface area contributed by atoms with Gasteiger partial charge in [0.25, 0.3) is 0 Å². The van der Waals surface area contributed by atoms with Crippen molar-refractivity contribution in [2.75, 3.05) is 32.0 Å². The standard InChI is InChI=1S/C15H24N2O3/c1-11-6-7-17(9-14(11)19)8-12(18)10-20-15-5-3-2-4-13(15)16/h2-5,11-12,14,18-19H,6-10,16H2,1H3. The second kappa shape index (κ2) is 6.92. The molecule has 0 spiro atoms. The molecule has 1 aromatic rings. The molecule has 1 heterocycles. The fourth-order valence-electron chi connectivity index (χ4n) is 2.43. The smallest absolute Gasteiger partial charge is 0.142 e. The molecule has 1 aliphatic heterocycles. The van der Waals surface area contributed by atoms with Gasteiger partial charge in [0.1, 0.15) is 18.5 Å². The number of ether oxygens (including phenoxy) is 1. The van der Waals surface area contributed by atoms with Crippen molar-refractivity contribution in [3.8, 4) is 5.75 Å². The van der Waals surface area contributed by atoms with Gasteiger partial charge in [0.2, 0.25) is 0 Å². The van der Waals surface area contributed by atoms with Crippen molar-refractivity contribution in [3.05, 3.63) is 24.3 Å². The maximum atomic E-state index is 10.0. The van der Waals surface area contributed by atoms with E-state index in [2.05, 4.69) is 11.8 Å². The minimum atomic E-state index is -0.588. The van der Waals surface area contributed by atoms with E-state index >= 15 is 0 Å². The van der Waals surface area contributed by atoms with Gasteiger partial charge >= 0.3 is 0 Å². The van der Waals surface area contributed by atoms with E-state index in [1.807, 2.05) is 12.1 Å². The number of piperidine rings is 1. The second-order valence-corrected chi connectivity index (χ2v) is 5.60. The Morgan fingerprint density at radius 3 is 2.90 bits per heavy atom.